The van der Waals surface area contributed by atoms with Crippen LogP contribution in [0.5, 0.6) is 0 Å². The zero-order valence-electron chi connectivity index (χ0n) is 12.6. The van der Waals surface area contributed by atoms with Gasteiger partial charge in [-0.2, -0.15) is 0 Å². The third kappa shape index (κ3) is 3.05. The molecule has 1 saturated carbocycles. The molecule has 1 heterocycles. The van der Waals surface area contributed by atoms with Crippen molar-refractivity contribution >= 4 is 22.5 Å². The molecule has 1 aliphatic carbocycles. The van der Waals surface area contributed by atoms with Crippen LogP contribution < -0.4 is 5.32 Å². The molecule has 7 heteroatoms. The number of H-pyrrole nitrogens is 1. The van der Waals surface area contributed by atoms with E-state index >= 15 is 0 Å². The number of carbonyl (C=O) groups excluding carboxylic acids is 1. The molecule has 0 bridgehead atoms. The Balaban J connectivity index is 1.85. The van der Waals surface area contributed by atoms with Gasteiger partial charge in [-0.3, -0.25) is 14.9 Å². The van der Waals surface area contributed by atoms with E-state index in [4.69, 9.17) is 0 Å². The third-order valence-corrected chi connectivity index (χ3v) is 4.58. The number of non-ortho nitro benzene ring substituents is 1. The number of aliphatic hydroxyl groups is 1. The Morgan fingerprint density at radius 1 is 1.39 bits per heavy atom. The zero-order valence-corrected chi connectivity index (χ0v) is 12.6. The molecule has 3 rings (SSSR count). The lowest BCUT2D eigenvalue weighted by molar-refractivity contribution is -0.384. The van der Waals surface area contributed by atoms with E-state index in [2.05, 4.69) is 10.3 Å². The topological polar surface area (TPSA) is 108 Å². The lowest BCUT2D eigenvalue weighted by atomic mass is 9.85. The molecule has 0 radical (unpaired) electrons. The van der Waals surface area contributed by atoms with Gasteiger partial charge in [0.1, 0.15) is 0 Å². The monoisotopic (exact) mass is 317 g/mol. The van der Waals surface area contributed by atoms with Gasteiger partial charge in [0.25, 0.3) is 11.6 Å². The Morgan fingerprint density at radius 3 is 2.91 bits per heavy atom. The van der Waals surface area contributed by atoms with Crippen LogP contribution in [-0.2, 0) is 0 Å². The first-order valence-corrected chi connectivity index (χ1v) is 7.77. The van der Waals surface area contributed by atoms with E-state index in [9.17, 15) is 20.0 Å². The SMILES string of the molecule is O=C(NC1CCCCC1CO)c1c[nH]c2ccc([N+](=O)[O-])cc12. The summed E-state index contributed by atoms with van der Waals surface area (Å²) in [4.78, 5) is 26.0. The predicted octanol–water partition coefficient (Wildman–Crippen LogP) is 2.36. The highest BCUT2D eigenvalue weighted by Crippen LogP contribution is 2.26. The van der Waals surface area contributed by atoms with Gasteiger partial charge in [0, 0.05) is 47.8 Å². The van der Waals surface area contributed by atoms with Crippen LogP contribution in [0.15, 0.2) is 24.4 Å². The quantitative estimate of drug-likeness (QED) is 0.594. The molecule has 3 N–H and O–H groups in total. The Bertz CT molecular complexity index is 740. The molecule has 2 unspecified atom stereocenters. The highest BCUT2D eigenvalue weighted by atomic mass is 16.6. The number of rotatable bonds is 4. The normalized spacial score (nSPS) is 21.3. The molecular weight excluding hydrogens is 298 g/mol. The second kappa shape index (κ2) is 6.37. The van der Waals surface area contributed by atoms with E-state index in [1.54, 1.807) is 12.3 Å². The maximum atomic E-state index is 12.5. The number of nitro groups is 1. The number of aromatic nitrogens is 1. The first kappa shape index (κ1) is 15.5. The molecule has 122 valence electrons. The van der Waals surface area contributed by atoms with Gasteiger partial charge in [-0.25, -0.2) is 0 Å². The van der Waals surface area contributed by atoms with Crippen molar-refractivity contribution in [3.63, 3.8) is 0 Å². The first-order chi connectivity index (χ1) is 11.1. The molecule has 1 amide bonds. The molecule has 23 heavy (non-hydrogen) atoms. The average molecular weight is 317 g/mol. The van der Waals surface area contributed by atoms with Gasteiger partial charge in [0.05, 0.1) is 10.5 Å². The number of carbonyl (C=O) groups is 1. The number of amides is 1. The van der Waals surface area contributed by atoms with Crippen molar-refractivity contribution < 1.29 is 14.8 Å². The molecule has 0 aliphatic heterocycles. The fourth-order valence-electron chi connectivity index (χ4n) is 3.27. The van der Waals surface area contributed by atoms with Crippen LogP contribution in [0.2, 0.25) is 0 Å². The van der Waals surface area contributed by atoms with Crippen LogP contribution in [0.25, 0.3) is 10.9 Å². The molecule has 0 saturated heterocycles. The number of fused-ring (bicyclic) bond motifs is 1. The molecule has 1 aliphatic rings. The lowest BCUT2D eigenvalue weighted by Crippen LogP contribution is -2.43. The van der Waals surface area contributed by atoms with Crippen molar-refractivity contribution in [3.05, 3.63) is 40.1 Å². The Labute approximate surface area is 132 Å². The summed E-state index contributed by atoms with van der Waals surface area (Å²) >= 11 is 0. The van der Waals surface area contributed by atoms with Crippen molar-refractivity contribution in [1.29, 1.82) is 0 Å². The summed E-state index contributed by atoms with van der Waals surface area (Å²) in [5, 5.41) is 23.9. The smallest absolute Gasteiger partial charge is 0.270 e. The number of nitrogens with one attached hydrogen (secondary N) is 2. The second-order valence-corrected chi connectivity index (χ2v) is 6.00. The average Bonchev–Trinajstić information content (AvgIpc) is 2.98. The molecule has 0 spiro atoms. The molecular formula is C16H19N3O4. The molecule has 1 aromatic carbocycles. The van der Waals surface area contributed by atoms with E-state index in [0.717, 1.165) is 25.7 Å². The number of hydrogen-bond donors (Lipinski definition) is 3. The lowest BCUT2D eigenvalue weighted by Gasteiger charge is -2.30. The minimum Gasteiger partial charge on any atom is -0.396 e. The van der Waals surface area contributed by atoms with E-state index in [-0.39, 0.29) is 30.2 Å². The summed E-state index contributed by atoms with van der Waals surface area (Å²) in [5.74, 6) is -0.186. The fourth-order valence-corrected chi connectivity index (χ4v) is 3.27. The number of aromatic amines is 1. The van der Waals surface area contributed by atoms with Crippen LogP contribution in [0, 0.1) is 16.0 Å². The van der Waals surface area contributed by atoms with Gasteiger partial charge in [-0.05, 0) is 18.9 Å². The Hall–Kier alpha value is -2.41. The number of hydrogen-bond acceptors (Lipinski definition) is 4. The summed E-state index contributed by atoms with van der Waals surface area (Å²) in [5.41, 5.74) is 1.03. The molecule has 1 fully saturated rings. The van der Waals surface area contributed by atoms with Crippen LogP contribution in [0.3, 0.4) is 0 Å². The van der Waals surface area contributed by atoms with Crippen molar-refractivity contribution in [1.82, 2.24) is 10.3 Å². The van der Waals surface area contributed by atoms with Gasteiger partial charge in [0.2, 0.25) is 0 Å². The highest BCUT2D eigenvalue weighted by Gasteiger charge is 2.27. The fraction of sp³-hybridized carbons (Fsp3) is 0.438. The summed E-state index contributed by atoms with van der Waals surface area (Å²) in [6.45, 7) is 0.0598. The molecule has 7 nitrogen and oxygen atoms in total. The highest BCUT2D eigenvalue weighted by molar-refractivity contribution is 6.07. The van der Waals surface area contributed by atoms with Crippen molar-refractivity contribution in [2.24, 2.45) is 5.92 Å². The minimum absolute atomic E-state index is 0.0444. The number of aliphatic hydroxyl groups excluding tert-OH is 1. The minimum atomic E-state index is -0.475. The van der Waals surface area contributed by atoms with Crippen LogP contribution in [0.4, 0.5) is 5.69 Å². The van der Waals surface area contributed by atoms with Crippen molar-refractivity contribution in [3.8, 4) is 0 Å². The third-order valence-electron chi connectivity index (χ3n) is 4.58. The van der Waals surface area contributed by atoms with Crippen LogP contribution in [0.1, 0.15) is 36.0 Å². The summed E-state index contributed by atoms with van der Waals surface area (Å²) < 4.78 is 0. The Morgan fingerprint density at radius 2 is 2.17 bits per heavy atom. The number of benzene rings is 1. The largest absolute Gasteiger partial charge is 0.396 e. The van der Waals surface area contributed by atoms with Crippen molar-refractivity contribution in [2.45, 2.75) is 31.7 Å². The van der Waals surface area contributed by atoms with Gasteiger partial charge < -0.3 is 15.4 Å². The van der Waals surface area contributed by atoms with Crippen molar-refractivity contribution in [2.75, 3.05) is 6.61 Å². The molecule has 1 aromatic heterocycles. The van der Waals surface area contributed by atoms with Gasteiger partial charge in [-0.15, -0.1) is 0 Å². The van der Waals surface area contributed by atoms with Gasteiger partial charge >= 0.3 is 0 Å². The molecule has 2 atom stereocenters. The molecule has 2 aromatic rings. The van der Waals surface area contributed by atoms with E-state index < -0.39 is 4.92 Å². The second-order valence-electron chi connectivity index (χ2n) is 6.00. The number of nitrogens with zero attached hydrogens (tertiary/aromatic N) is 1. The van der Waals surface area contributed by atoms with Crippen LogP contribution >= 0.6 is 0 Å². The van der Waals surface area contributed by atoms with E-state index in [1.165, 1.54) is 12.1 Å². The maximum Gasteiger partial charge on any atom is 0.270 e. The predicted molar refractivity (Wildman–Crippen MR) is 85.3 cm³/mol. The van der Waals surface area contributed by atoms with Crippen LogP contribution in [-0.4, -0.2) is 33.6 Å². The van der Waals surface area contributed by atoms with Gasteiger partial charge in [-0.1, -0.05) is 12.8 Å². The summed E-state index contributed by atoms with van der Waals surface area (Å²) in [7, 11) is 0. The van der Waals surface area contributed by atoms with E-state index in [0.29, 0.717) is 16.5 Å². The number of nitro benzene ring substituents is 1. The zero-order chi connectivity index (χ0) is 16.4. The van der Waals surface area contributed by atoms with E-state index in [1.807, 2.05) is 0 Å². The van der Waals surface area contributed by atoms with Gasteiger partial charge in [0.15, 0.2) is 0 Å². The standard InChI is InChI=1S/C16H19N3O4/c20-9-10-3-1-2-4-14(10)18-16(21)13-8-17-15-6-5-11(19(22)23)7-12(13)15/h5-8,10,14,17,20H,1-4,9H2,(H,18,21). The summed E-state index contributed by atoms with van der Waals surface area (Å²) in [6.07, 6.45) is 5.42. The maximum absolute atomic E-state index is 12.5. The Kier molecular flexibility index (Phi) is 4.29. The summed E-state index contributed by atoms with van der Waals surface area (Å²) in [6, 6.07) is 4.36. The first-order valence-electron chi connectivity index (χ1n) is 7.77.